The fourth-order valence-corrected chi connectivity index (χ4v) is 1.59. The number of aryl methyl sites for hydroxylation is 1. The van der Waals surface area contributed by atoms with Crippen LogP contribution in [0.4, 0.5) is 0 Å². The summed E-state index contributed by atoms with van der Waals surface area (Å²) in [5, 5.41) is 0. The fourth-order valence-electron chi connectivity index (χ4n) is 1.59. The average molecular weight is 200 g/mol. The van der Waals surface area contributed by atoms with Gasteiger partial charge in [-0.15, -0.1) is 0 Å². The van der Waals surface area contributed by atoms with E-state index in [9.17, 15) is 0 Å². The summed E-state index contributed by atoms with van der Waals surface area (Å²) < 4.78 is 5.73. The highest BCUT2D eigenvalue weighted by atomic mass is 16.5. The number of ether oxygens (including phenoxy) is 1. The van der Waals surface area contributed by atoms with Crippen LogP contribution in [0.25, 0.3) is 0 Å². The van der Waals surface area contributed by atoms with E-state index in [0.29, 0.717) is 0 Å². The van der Waals surface area contributed by atoms with E-state index in [1.54, 1.807) is 0 Å². The molecule has 1 aromatic carbocycles. The Bertz CT molecular complexity index is 371. The highest BCUT2D eigenvalue weighted by Crippen LogP contribution is 2.18. The Morgan fingerprint density at radius 3 is 2.53 bits per heavy atom. The highest BCUT2D eigenvalue weighted by Gasteiger charge is 2.00. The number of rotatable bonds is 3. The van der Waals surface area contributed by atoms with E-state index >= 15 is 0 Å². The minimum atomic E-state index is 0.921. The predicted octanol–water partition coefficient (Wildman–Crippen LogP) is 3.86. The molecule has 1 aliphatic carbocycles. The van der Waals surface area contributed by atoms with E-state index in [1.807, 2.05) is 18.2 Å². The van der Waals surface area contributed by atoms with Gasteiger partial charge in [0.05, 0.1) is 0 Å². The van der Waals surface area contributed by atoms with Gasteiger partial charge in [-0.2, -0.15) is 0 Å². The van der Waals surface area contributed by atoms with Gasteiger partial charge in [0.25, 0.3) is 0 Å². The second kappa shape index (κ2) is 4.83. The molecule has 0 fully saturated rings. The van der Waals surface area contributed by atoms with E-state index < -0.39 is 0 Å². The Kier molecular flexibility index (Phi) is 3.23. The van der Waals surface area contributed by atoms with Gasteiger partial charge in [-0.3, -0.25) is 0 Å². The maximum Gasteiger partial charge on any atom is 0.127 e. The smallest absolute Gasteiger partial charge is 0.127 e. The van der Waals surface area contributed by atoms with E-state index in [-0.39, 0.29) is 0 Å². The maximum absolute atomic E-state index is 5.73. The molecular weight excluding hydrogens is 184 g/mol. The number of allylic oxidation sites excluding steroid dienone is 3. The van der Waals surface area contributed by atoms with Gasteiger partial charge in [0.2, 0.25) is 0 Å². The fraction of sp³-hybridized carbons (Fsp3) is 0.286. The second-order valence-electron chi connectivity index (χ2n) is 3.69. The zero-order valence-electron chi connectivity index (χ0n) is 9.07. The van der Waals surface area contributed by atoms with Crippen molar-refractivity contribution in [2.45, 2.75) is 26.2 Å². The van der Waals surface area contributed by atoms with Gasteiger partial charge in [0, 0.05) is 0 Å². The molecular formula is C14H16O. The lowest BCUT2D eigenvalue weighted by Gasteiger charge is -2.09. The molecule has 0 amide bonds. The molecule has 0 radical (unpaired) electrons. The van der Waals surface area contributed by atoms with Crippen molar-refractivity contribution in [3.05, 3.63) is 53.8 Å². The standard InChI is InChI=1S/C14H16O/c1-2-12-8-10-14(11-9-12)15-13-6-4-3-5-7-13/h4,6-11H,2-3,5H2,1H3. The van der Waals surface area contributed by atoms with Crippen LogP contribution in [0.5, 0.6) is 5.75 Å². The Morgan fingerprint density at radius 1 is 1.13 bits per heavy atom. The lowest BCUT2D eigenvalue weighted by molar-refractivity contribution is 0.439. The summed E-state index contributed by atoms with van der Waals surface area (Å²) in [6.07, 6.45) is 9.60. The van der Waals surface area contributed by atoms with Crippen molar-refractivity contribution in [2.24, 2.45) is 0 Å². The minimum absolute atomic E-state index is 0.921. The van der Waals surface area contributed by atoms with Gasteiger partial charge in [0.15, 0.2) is 0 Å². The van der Waals surface area contributed by atoms with Crippen molar-refractivity contribution in [3.63, 3.8) is 0 Å². The van der Waals surface area contributed by atoms with Crippen molar-refractivity contribution >= 4 is 0 Å². The molecule has 0 atom stereocenters. The molecule has 0 bridgehead atoms. The van der Waals surface area contributed by atoms with Crippen LogP contribution in [0.3, 0.4) is 0 Å². The minimum Gasteiger partial charge on any atom is -0.458 e. The van der Waals surface area contributed by atoms with Crippen molar-refractivity contribution in [2.75, 3.05) is 0 Å². The van der Waals surface area contributed by atoms with E-state index in [1.165, 1.54) is 5.56 Å². The molecule has 1 heteroatoms. The van der Waals surface area contributed by atoms with Crippen LogP contribution >= 0.6 is 0 Å². The molecule has 0 spiro atoms. The van der Waals surface area contributed by atoms with Gasteiger partial charge in [-0.25, -0.2) is 0 Å². The molecule has 0 unspecified atom stereocenters. The van der Waals surface area contributed by atoms with Crippen molar-refractivity contribution in [3.8, 4) is 5.75 Å². The molecule has 0 aliphatic heterocycles. The van der Waals surface area contributed by atoms with Crippen LogP contribution in [0, 0.1) is 0 Å². The summed E-state index contributed by atoms with van der Waals surface area (Å²) >= 11 is 0. The first-order valence-electron chi connectivity index (χ1n) is 5.52. The highest BCUT2D eigenvalue weighted by molar-refractivity contribution is 5.30. The molecule has 1 nitrogen and oxygen atoms in total. The van der Waals surface area contributed by atoms with Crippen molar-refractivity contribution < 1.29 is 4.74 Å². The first kappa shape index (κ1) is 10.0. The summed E-state index contributed by atoms with van der Waals surface area (Å²) in [5.41, 5.74) is 1.34. The topological polar surface area (TPSA) is 9.23 Å². The molecule has 1 aliphatic rings. The summed E-state index contributed by atoms with van der Waals surface area (Å²) in [4.78, 5) is 0. The Hall–Kier alpha value is -1.50. The zero-order chi connectivity index (χ0) is 10.5. The van der Waals surface area contributed by atoms with Gasteiger partial charge in [0.1, 0.15) is 11.5 Å². The SMILES string of the molecule is CCc1ccc(OC2=CCCC=C2)cc1. The lowest BCUT2D eigenvalue weighted by atomic mass is 10.1. The largest absolute Gasteiger partial charge is 0.458 e. The molecule has 0 saturated heterocycles. The third-order valence-electron chi connectivity index (χ3n) is 2.53. The predicted molar refractivity (Wildman–Crippen MR) is 62.9 cm³/mol. The van der Waals surface area contributed by atoms with Gasteiger partial charge < -0.3 is 4.74 Å². The molecule has 0 N–H and O–H groups in total. The first-order valence-corrected chi connectivity index (χ1v) is 5.52. The van der Waals surface area contributed by atoms with Crippen LogP contribution in [0.1, 0.15) is 25.3 Å². The van der Waals surface area contributed by atoms with Crippen molar-refractivity contribution in [1.82, 2.24) is 0 Å². The van der Waals surface area contributed by atoms with E-state index in [0.717, 1.165) is 30.8 Å². The number of hydrogen-bond donors (Lipinski definition) is 0. The quantitative estimate of drug-likeness (QED) is 0.719. The molecule has 15 heavy (non-hydrogen) atoms. The van der Waals surface area contributed by atoms with Crippen LogP contribution in [0.2, 0.25) is 0 Å². The molecule has 0 aromatic heterocycles. The molecule has 1 aromatic rings. The number of benzene rings is 1. The lowest BCUT2D eigenvalue weighted by Crippen LogP contribution is -1.95. The third-order valence-corrected chi connectivity index (χ3v) is 2.53. The molecule has 0 saturated carbocycles. The number of hydrogen-bond acceptors (Lipinski definition) is 1. The molecule has 78 valence electrons. The first-order chi connectivity index (χ1) is 7.38. The monoisotopic (exact) mass is 200 g/mol. The third kappa shape index (κ3) is 2.72. The Morgan fingerprint density at radius 2 is 1.93 bits per heavy atom. The maximum atomic E-state index is 5.73. The summed E-state index contributed by atoms with van der Waals surface area (Å²) in [6.45, 7) is 2.16. The molecule has 0 heterocycles. The zero-order valence-corrected chi connectivity index (χ0v) is 9.07. The normalized spacial score (nSPS) is 14.9. The van der Waals surface area contributed by atoms with Crippen LogP contribution < -0.4 is 4.74 Å². The van der Waals surface area contributed by atoms with Gasteiger partial charge in [-0.1, -0.05) is 25.1 Å². The average Bonchev–Trinajstić information content (AvgIpc) is 2.31. The Labute approximate surface area is 91.1 Å². The van der Waals surface area contributed by atoms with Gasteiger partial charge in [-0.05, 0) is 49.1 Å². The van der Waals surface area contributed by atoms with Crippen LogP contribution in [0.15, 0.2) is 48.3 Å². The molecule has 2 rings (SSSR count). The van der Waals surface area contributed by atoms with Crippen LogP contribution in [-0.2, 0) is 6.42 Å². The van der Waals surface area contributed by atoms with E-state index in [2.05, 4.69) is 31.2 Å². The van der Waals surface area contributed by atoms with Crippen molar-refractivity contribution in [1.29, 1.82) is 0 Å². The Balaban J connectivity index is 2.04. The van der Waals surface area contributed by atoms with Crippen LogP contribution in [-0.4, -0.2) is 0 Å². The van der Waals surface area contributed by atoms with E-state index in [4.69, 9.17) is 4.74 Å². The second-order valence-corrected chi connectivity index (χ2v) is 3.69. The van der Waals surface area contributed by atoms with Gasteiger partial charge >= 0.3 is 0 Å². The summed E-state index contributed by atoms with van der Waals surface area (Å²) in [5.74, 6) is 1.88. The summed E-state index contributed by atoms with van der Waals surface area (Å²) in [7, 11) is 0. The summed E-state index contributed by atoms with van der Waals surface area (Å²) in [6, 6.07) is 8.29.